The molecule has 2 unspecified atom stereocenters. The van der Waals surface area contributed by atoms with E-state index in [-0.39, 0.29) is 0 Å². The van der Waals surface area contributed by atoms with Gasteiger partial charge in [0.1, 0.15) is 0 Å². The zero-order valence-corrected chi connectivity index (χ0v) is 12.3. The molecule has 6 heteroatoms. The molecule has 1 saturated heterocycles. The van der Waals surface area contributed by atoms with Gasteiger partial charge in [-0.25, -0.2) is 13.1 Å². The van der Waals surface area contributed by atoms with Crippen LogP contribution in [0.25, 0.3) is 0 Å². The fraction of sp³-hybridized carbons (Fsp3) is 1.00. The summed E-state index contributed by atoms with van der Waals surface area (Å²) in [5.74, 6) is 0.323. The Bertz CT molecular complexity index is 313. The first-order chi connectivity index (χ1) is 8.56. The van der Waals surface area contributed by atoms with Crippen LogP contribution in [0.15, 0.2) is 0 Å². The summed E-state index contributed by atoms with van der Waals surface area (Å²) in [6, 6.07) is 0. The van der Waals surface area contributed by atoms with Crippen LogP contribution in [-0.2, 0) is 14.8 Å². The number of ether oxygens (including phenoxy) is 1. The Morgan fingerprint density at radius 1 is 1.44 bits per heavy atom. The largest absolute Gasteiger partial charge is 0.381 e. The van der Waals surface area contributed by atoms with E-state index in [1.54, 1.807) is 6.92 Å². The Morgan fingerprint density at radius 2 is 2.22 bits per heavy atom. The van der Waals surface area contributed by atoms with E-state index in [1.165, 1.54) is 0 Å². The van der Waals surface area contributed by atoms with Crippen molar-refractivity contribution in [3.63, 3.8) is 0 Å². The van der Waals surface area contributed by atoms with Gasteiger partial charge in [0, 0.05) is 19.7 Å². The van der Waals surface area contributed by atoms with E-state index < -0.39 is 15.3 Å². The van der Waals surface area contributed by atoms with Crippen molar-refractivity contribution in [3.05, 3.63) is 0 Å². The molecule has 0 spiro atoms. The molecule has 1 heterocycles. The summed E-state index contributed by atoms with van der Waals surface area (Å²) in [5.41, 5.74) is 0. The van der Waals surface area contributed by atoms with E-state index in [2.05, 4.69) is 17.0 Å². The molecule has 1 aliphatic rings. The van der Waals surface area contributed by atoms with Gasteiger partial charge in [-0.1, -0.05) is 6.92 Å². The normalized spacial score (nSPS) is 22.9. The van der Waals surface area contributed by atoms with Gasteiger partial charge < -0.3 is 10.1 Å². The second-order valence-electron chi connectivity index (χ2n) is 4.99. The summed E-state index contributed by atoms with van der Waals surface area (Å²) in [4.78, 5) is 0. The molecule has 0 aromatic rings. The van der Waals surface area contributed by atoms with Gasteiger partial charge in [0.25, 0.3) is 0 Å². The van der Waals surface area contributed by atoms with E-state index in [9.17, 15) is 8.42 Å². The predicted octanol–water partition coefficient (Wildman–Crippen LogP) is 0.721. The first kappa shape index (κ1) is 15.9. The van der Waals surface area contributed by atoms with Crippen LogP contribution >= 0.6 is 0 Å². The summed E-state index contributed by atoms with van der Waals surface area (Å²) < 4.78 is 32.0. The van der Waals surface area contributed by atoms with Crippen LogP contribution in [0.2, 0.25) is 0 Å². The third kappa shape index (κ3) is 5.65. The van der Waals surface area contributed by atoms with E-state index in [4.69, 9.17) is 4.74 Å². The van der Waals surface area contributed by atoms with Crippen LogP contribution in [-0.4, -0.2) is 46.5 Å². The molecular weight excluding hydrogens is 252 g/mol. The summed E-state index contributed by atoms with van der Waals surface area (Å²) in [6.07, 6.45) is 3.09. The maximum absolute atomic E-state index is 12.0. The number of sulfonamides is 1. The number of rotatable bonds is 8. The lowest BCUT2D eigenvalue weighted by Crippen LogP contribution is -2.42. The summed E-state index contributed by atoms with van der Waals surface area (Å²) in [7, 11) is -3.21. The molecule has 1 fully saturated rings. The van der Waals surface area contributed by atoms with E-state index in [0.29, 0.717) is 25.6 Å². The molecule has 0 bridgehead atoms. The quantitative estimate of drug-likeness (QED) is 0.642. The highest BCUT2D eigenvalue weighted by Gasteiger charge is 2.22. The topological polar surface area (TPSA) is 67.4 Å². The molecule has 0 aliphatic carbocycles. The minimum atomic E-state index is -3.21. The van der Waals surface area contributed by atoms with E-state index in [1.807, 2.05) is 0 Å². The van der Waals surface area contributed by atoms with Crippen LogP contribution in [0.1, 0.15) is 33.1 Å². The van der Waals surface area contributed by atoms with Gasteiger partial charge in [0.2, 0.25) is 10.0 Å². The average molecular weight is 278 g/mol. The van der Waals surface area contributed by atoms with Crippen molar-refractivity contribution in [2.24, 2.45) is 5.92 Å². The zero-order valence-electron chi connectivity index (χ0n) is 11.4. The van der Waals surface area contributed by atoms with Crippen LogP contribution in [0.3, 0.4) is 0 Å². The van der Waals surface area contributed by atoms with Crippen LogP contribution < -0.4 is 10.0 Å². The fourth-order valence-corrected chi connectivity index (χ4v) is 3.03. The minimum Gasteiger partial charge on any atom is -0.381 e. The highest BCUT2D eigenvalue weighted by molar-refractivity contribution is 7.90. The highest BCUT2D eigenvalue weighted by atomic mass is 32.2. The van der Waals surface area contributed by atoms with Crippen molar-refractivity contribution in [1.82, 2.24) is 10.0 Å². The highest BCUT2D eigenvalue weighted by Crippen LogP contribution is 2.12. The Labute approximate surface area is 111 Å². The molecule has 108 valence electrons. The molecule has 0 saturated carbocycles. The number of hydrogen-bond acceptors (Lipinski definition) is 4. The Hall–Kier alpha value is -0.170. The SMILES string of the molecule is CCCNCC(C)S(=O)(=O)NCC1CCCOC1. The second kappa shape index (κ2) is 8.09. The summed E-state index contributed by atoms with van der Waals surface area (Å²) in [5, 5.41) is 2.74. The van der Waals surface area contributed by atoms with Crippen LogP contribution in [0.5, 0.6) is 0 Å². The molecule has 2 N–H and O–H groups in total. The van der Waals surface area contributed by atoms with Crippen molar-refractivity contribution in [3.8, 4) is 0 Å². The van der Waals surface area contributed by atoms with Crippen molar-refractivity contribution in [1.29, 1.82) is 0 Å². The van der Waals surface area contributed by atoms with E-state index >= 15 is 0 Å². The predicted molar refractivity (Wildman–Crippen MR) is 73.1 cm³/mol. The summed E-state index contributed by atoms with van der Waals surface area (Å²) >= 11 is 0. The van der Waals surface area contributed by atoms with Gasteiger partial charge >= 0.3 is 0 Å². The summed E-state index contributed by atoms with van der Waals surface area (Å²) in [6.45, 7) is 7.14. The Morgan fingerprint density at radius 3 is 2.83 bits per heavy atom. The van der Waals surface area contributed by atoms with Crippen LogP contribution in [0.4, 0.5) is 0 Å². The molecule has 5 nitrogen and oxygen atoms in total. The third-order valence-electron chi connectivity index (χ3n) is 3.22. The molecule has 1 rings (SSSR count). The maximum Gasteiger partial charge on any atom is 0.215 e. The van der Waals surface area contributed by atoms with Crippen LogP contribution in [0, 0.1) is 5.92 Å². The fourth-order valence-electron chi connectivity index (χ4n) is 1.94. The average Bonchev–Trinajstić information content (AvgIpc) is 2.38. The van der Waals surface area contributed by atoms with Gasteiger partial charge in [-0.15, -0.1) is 0 Å². The van der Waals surface area contributed by atoms with Crippen molar-refractivity contribution in [2.45, 2.75) is 38.4 Å². The lowest BCUT2D eigenvalue weighted by Gasteiger charge is -2.23. The van der Waals surface area contributed by atoms with Gasteiger partial charge in [-0.05, 0) is 38.6 Å². The van der Waals surface area contributed by atoms with Crippen molar-refractivity contribution < 1.29 is 13.2 Å². The van der Waals surface area contributed by atoms with Gasteiger partial charge in [0.15, 0.2) is 0 Å². The first-order valence-corrected chi connectivity index (χ1v) is 8.37. The third-order valence-corrected chi connectivity index (χ3v) is 5.01. The molecule has 0 radical (unpaired) electrons. The lowest BCUT2D eigenvalue weighted by molar-refractivity contribution is 0.0567. The van der Waals surface area contributed by atoms with Crippen molar-refractivity contribution >= 4 is 10.0 Å². The standard InChI is InChI=1S/C12H26N2O3S/c1-3-6-13-8-11(2)18(15,16)14-9-12-5-4-7-17-10-12/h11-14H,3-10H2,1-2H3. The molecular formula is C12H26N2O3S. The second-order valence-corrected chi connectivity index (χ2v) is 7.17. The number of nitrogens with one attached hydrogen (secondary N) is 2. The lowest BCUT2D eigenvalue weighted by atomic mass is 10.0. The molecule has 0 aromatic carbocycles. The smallest absolute Gasteiger partial charge is 0.215 e. The molecule has 18 heavy (non-hydrogen) atoms. The Balaban J connectivity index is 2.28. The number of hydrogen-bond donors (Lipinski definition) is 2. The minimum absolute atomic E-state index is 0.323. The maximum atomic E-state index is 12.0. The van der Waals surface area contributed by atoms with Crippen molar-refractivity contribution in [2.75, 3.05) is 32.8 Å². The van der Waals surface area contributed by atoms with Gasteiger partial charge in [-0.3, -0.25) is 0 Å². The molecule has 1 aliphatic heterocycles. The molecule has 0 aromatic heterocycles. The monoisotopic (exact) mass is 278 g/mol. The first-order valence-electron chi connectivity index (χ1n) is 6.83. The Kier molecular flexibility index (Phi) is 7.14. The zero-order chi connectivity index (χ0) is 13.4. The van der Waals surface area contributed by atoms with Gasteiger partial charge in [-0.2, -0.15) is 0 Å². The molecule has 0 amide bonds. The van der Waals surface area contributed by atoms with E-state index in [0.717, 1.165) is 32.4 Å². The van der Waals surface area contributed by atoms with Gasteiger partial charge in [0.05, 0.1) is 11.9 Å². The molecule has 2 atom stereocenters.